The standard InChI is InChI=1S/C16H27N/c1-11(2)14-9-8-10-15(12(3)4)16(14)17(7)13(5)6/h8-13H,1-7H3. The highest BCUT2D eigenvalue weighted by molar-refractivity contribution is 5.62. The summed E-state index contributed by atoms with van der Waals surface area (Å²) in [6.07, 6.45) is 0. The van der Waals surface area contributed by atoms with Crippen LogP contribution in [0.3, 0.4) is 0 Å². The molecule has 0 saturated heterocycles. The second kappa shape index (κ2) is 5.57. The summed E-state index contributed by atoms with van der Waals surface area (Å²) in [4.78, 5) is 2.41. The molecule has 0 bridgehead atoms. The molecular weight excluding hydrogens is 206 g/mol. The lowest BCUT2D eigenvalue weighted by molar-refractivity contribution is 0.726. The average molecular weight is 233 g/mol. The van der Waals surface area contributed by atoms with Gasteiger partial charge in [0.2, 0.25) is 0 Å². The maximum Gasteiger partial charge on any atom is 0.0436 e. The Hall–Kier alpha value is -0.980. The van der Waals surface area contributed by atoms with Crippen LogP contribution in [0, 0.1) is 0 Å². The van der Waals surface area contributed by atoms with Crippen molar-refractivity contribution in [2.75, 3.05) is 11.9 Å². The Bertz CT molecular complexity index is 338. The predicted octanol–water partition coefficient (Wildman–Crippen LogP) is 4.78. The van der Waals surface area contributed by atoms with Gasteiger partial charge in [-0.25, -0.2) is 0 Å². The number of hydrogen-bond donors (Lipinski definition) is 0. The van der Waals surface area contributed by atoms with E-state index in [-0.39, 0.29) is 0 Å². The first-order valence-electron chi connectivity index (χ1n) is 6.71. The lowest BCUT2D eigenvalue weighted by Crippen LogP contribution is -2.28. The van der Waals surface area contributed by atoms with E-state index in [0.29, 0.717) is 17.9 Å². The molecule has 0 aliphatic heterocycles. The topological polar surface area (TPSA) is 3.24 Å². The van der Waals surface area contributed by atoms with Gasteiger partial charge in [-0.3, -0.25) is 0 Å². The van der Waals surface area contributed by atoms with Crippen molar-refractivity contribution in [2.45, 2.75) is 59.4 Å². The molecule has 0 amide bonds. The normalized spacial score (nSPS) is 11.6. The highest BCUT2D eigenvalue weighted by Crippen LogP contribution is 2.35. The van der Waals surface area contributed by atoms with E-state index < -0.39 is 0 Å². The summed E-state index contributed by atoms with van der Waals surface area (Å²) in [7, 11) is 2.21. The molecule has 1 rings (SSSR count). The molecular formula is C16H27N. The fourth-order valence-electron chi connectivity index (χ4n) is 2.18. The fourth-order valence-corrected chi connectivity index (χ4v) is 2.18. The van der Waals surface area contributed by atoms with Gasteiger partial charge in [0.1, 0.15) is 0 Å². The van der Waals surface area contributed by atoms with Crippen LogP contribution < -0.4 is 4.90 Å². The molecule has 1 nitrogen and oxygen atoms in total. The Balaban J connectivity index is 3.38. The van der Waals surface area contributed by atoms with Crippen LogP contribution >= 0.6 is 0 Å². The summed E-state index contributed by atoms with van der Waals surface area (Å²) in [5, 5.41) is 0. The first-order valence-corrected chi connectivity index (χ1v) is 6.71. The quantitative estimate of drug-likeness (QED) is 0.723. The maximum absolute atomic E-state index is 2.41. The van der Waals surface area contributed by atoms with Crippen LogP contribution in [-0.4, -0.2) is 13.1 Å². The lowest BCUT2D eigenvalue weighted by atomic mass is 9.91. The van der Waals surface area contributed by atoms with Crippen molar-refractivity contribution in [3.05, 3.63) is 29.3 Å². The lowest BCUT2D eigenvalue weighted by Gasteiger charge is -2.31. The van der Waals surface area contributed by atoms with E-state index in [1.807, 2.05) is 0 Å². The monoisotopic (exact) mass is 233 g/mol. The van der Waals surface area contributed by atoms with Crippen LogP contribution in [0.2, 0.25) is 0 Å². The molecule has 0 aliphatic rings. The van der Waals surface area contributed by atoms with E-state index in [1.165, 1.54) is 16.8 Å². The summed E-state index contributed by atoms with van der Waals surface area (Å²) in [5.74, 6) is 1.15. The SMILES string of the molecule is CC(C)c1cccc(C(C)C)c1N(C)C(C)C. The third-order valence-corrected chi connectivity index (χ3v) is 3.47. The van der Waals surface area contributed by atoms with Gasteiger partial charge in [-0.15, -0.1) is 0 Å². The minimum Gasteiger partial charge on any atom is -0.372 e. The molecule has 1 heteroatoms. The van der Waals surface area contributed by atoms with Crippen LogP contribution in [0.15, 0.2) is 18.2 Å². The van der Waals surface area contributed by atoms with E-state index in [9.17, 15) is 0 Å². The van der Waals surface area contributed by atoms with E-state index in [1.54, 1.807) is 0 Å². The van der Waals surface area contributed by atoms with Gasteiger partial charge < -0.3 is 4.90 Å². The zero-order valence-corrected chi connectivity index (χ0v) is 12.4. The molecule has 0 N–H and O–H groups in total. The Kier molecular flexibility index (Phi) is 4.62. The number of anilines is 1. The van der Waals surface area contributed by atoms with E-state index in [4.69, 9.17) is 0 Å². The summed E-state index contributed by atoms with van der Waals surface area (Å²) in [6, 6.07) is 7.27. The summed E-state index contributed by atoms with van der Waals surface area (Å²) < 4.78 is 0. The van der Waals surface area contributed by atoms with Gasteiger partial charge >= 0.3 is 0 Å². The molecule has 0 atom stereocenters. The molecule has 0 unspecified atom stereocenters. The number of benzene rings is 1. The maximum atomic E-state index is 2.41. The number of hydrogen-bond acceptors (Lipinski definition) is 1. The molecule has 0 heterocycles. The van der Waals surface area contributed by atoms with Crippen molar-refractivity contribution < 1.29 is 0 Å². The summed E-state index contributed by atoms with van der Waals surface area (Å²) in [5.41, 5.74) is 4.37. The smallest absolute Gasteiger partial charge is 0.0436 e. The van der Waals surface area contributed by atoms with Crippen LogP contribution in [0.1, 0.15) is 64.5 Å². The van der Waals surface area contributed by atoms with Crippen LogP contribution in [0.5, 0.6) is 0 Å². The van der Waals surface area contributed by atoms with Gasteiger partial charge in [0.15, 0.2) is 0 Å². The third-order valence-electron chi connectivity index (χ3n) is 3.47. The number of rotatable bonds is 4. The molecule has 0 aromatic heterocycles. The van der Waals surface area contributed by atoms with Crippen molar-refractivity contribution in [1.82, 2.24) is 0 Å². The van der Waals surface area contributed by atoms with Crippen LogP contribution in [-0.2, 0) is 0 Å². The molecule has 17 heavy (non-hydrogen) atoms. The van der Waals surface area contributed by atoms with Gasteiger partial charge in [-0.05, 0) is 36.8 Å². The third kappa shape index (κ3) is 3.02. The van der Waals surface area contributed by atoms with Crippen molar-refractivity contribution >= 4 is 5.69 Å². The predicted molar refractivity (Wildman–Crippen MR) is 78.2 cm³/mol. The van der Waals surface area contributed by atoms with Gasteiger partial charge in [-0.1, -0.05) is 45.9 Å². The highest BCUT2D eigenvalue weighted by atomic mass is 15.1. The molecule has 0 radical (unpaired) electrons. The van der Waals surface area contributed by atoms with E-state index in [0.717, 1.165) is 0 Å². The van der Waals surface area contributed by atoms with Crippen LogP contribution in [0.25, 0.3) is 0 Å². The van der Waals surface area contributed by atoms with Crippen LogP contribution in [0.4, 0.5) is 5.69 Å². The van der Waals surface area contributed by atoms with E-state index in [2.05, 4.69) is 71.7 Å². The molecule has 1 aromatic carbocycles. The Morgan fingerprint density at radius 3 is 1.53 bits per heavy atom. The van der Waals surface area contributed by atoms with Crippen molar-refractivity contribution in [2.24, 2.45) is 0 Å². The van der Waals surface area contributed by atoms with Crippen molar-refractivity contribution in [1.29, 1.82) is 0 Å². The number of nitrogens with zero attached hydrogens (tertiary/aromatic N) is 1. The second-order valence-electron chi connectivity index (χ2n) is 5.80. The summed E-state index contributed by atoms with van der Waals surface area (Å²) in [6.45, 7) is 13.6. The van der Waals surface area contributed by atoms with Gasteiger partial charge in [-0.2, -0.15) is 0 Å². The second-order valence-corrected chi connectivity index (χ2v) is 5.80. The molecule has 0 saturated carbocycles. The Labute approximate surface area is 107 Å². The van der Waals surface area contributed by atoms with Gasteiger partial charge in [0, 0.05) is 18.8 Å². The molecule has 1 aromatic rings. The molecule has 0 fully saturated rings. The van der Waals surface area contributed by atoms with Gasteiger partial charge in [0.05, 0.1) is 0 Å². The zero-order chi connectivity index (χ0) is 13.2. The molecule has 0 aliphatic carbocycles. The largest absolute Gasteiger partial charge is 0.372 e. The Morgan fingerprint density at radius 2 is 1.24 bits per heavy atom. The molecule has 0 spiro atoms. The van der Waals surface area contributed by atoms with Crippen molar-refractivity contribution in [3.8, 4) is 0 Å². The van der Waals surface area contributed by atoms with Gasteiger partial charge in [0.25, 0.3) is 0 Å². The Morgan fingerprint density at radius 1 is 0.824 bits per heavy atom. The first kappa shape index (κ1) is 14.1. The van der Waals surface area contributed by atoms with Crippen molar-refractivity contribution in [3.63, 3.8) is 0 Å². The molecule has 96 valence electrons. The minimum absolute atomic E-state index is 0.535. The number of para-hydroxylation sites is 1. The highest BCUT2D eigenvalue weighted by Gasteiger charge is 2.18. The first-order chi connectivity index (χ1) is 7.86. The fraction of sp³-hybridized carbons (Fsp3) is 0.625. The zero-order valence-electron chi connectivity index (χ0n) is 12.4. The average Bonchev–Trinajstić information content (AvgIpc) is 2.26. The minimum atomic E-state index is 0.535. The summed E-state index contributed by atoms with van der Waals surface area (Å²) >= 11 is 0. The van der Waals surface area contributed by atoms with E-state index >= 15 is 0 Å².